The van der Waals surface area contributed by atoms with E-state index in [0.717, 1.165) is 6.92 Å². The standard InChI is InChI=1S/C19H22N2O8/c1-11-8-9-29-19(16(25)20-18(11,27)15(24)21-19)14(23)17(2,26)10-28-13(22)12-6-4-3-5-7-12/h3-7,14,23,26-27H,1,8-10H2,2H3,(H,20,25)(H,21,24). The van der Waals surface area contributed by atoms with Gasteiger partial charge in [-0.1, -0.05) is 24.8 Å². The van der Waals surface area contributed by atoms with E-state index in [4.69, 9.17) is 9.47 Å². The topological polar surface area (TPSA) is 154 Å². The van der Waals surface area contributed by atoms with Gasteiger partial charge in [-0.3, -0.25) is 9.59 Å². The quantitative estimate of drug-likeness (QED) is 0.294. The predicted octanol–water partition coefficient (Wildman–Crippen LogP) is -1.44. The fourth-order valence-corrected chi connectivity index (χ4v) is 3.15. The van der Waals surface area contributed by atoms with Crippen LogP contribution < -0.4 is 10.6 Å². The highest BCUT2D eigenvalue weighted by molar-refractivity contribution is 6.03. The molecule has 4 unspecified atom stereocenters. The van der Waals surface area contributed by atoms with Crippen molar-refractivity contribution in [2.75, 3.05) is 13.2 Å². The molecule has 0 saturated carbocycles. The molecule has 1 aromatic rings. The van der Waals surface area contributed by atoms with Crippen LogP contribution in [0.25, 0.3) is 0 Å². The molecule has 10 nitrogen and oxygen atoms in total. The maximum absolute atomic E-state index is 12.7. The Labute approximate surface area is 166 Å². The molecule has 156 valence electrons. The minimum atomic E-state index is -2.40. The Kier molecular flexibility index (Phi) is 5.22. The fourth-order valence-electron chi connectivity index (χ4n) is 3.15. The second-order valence-electron chi connectivity index (χ2n) is 7.26. The lowest BCUT2D eigenvalue weighted by molar-refractivity contribution is -0.230. The maximum Gasteiger partial charge on any atom is 0.338 e. The summed E-state index contributed by atoms with van der Waals surface area (Å²) in [5, 5.41) is 36.1. The number of fused-ring (bicyclic) bond motifs is 5. The summed E-state index contributed by atoms with van der Waals surface area (Å²) >= 11 is 0. The van der Waals surface area contributed by atoms with Gasteiger partial charge in [-0.15, -0.1) is 0 Å². The van der Waals surface area contributed by atoms with Crippen molar-refractivity contribution in [1.29, 1.82) is 0 Å². The third-order valence-corrected chi connectivity index (χ3v) is 4.98. The molecule has 2 amide bonds. The van der Waals surface area contributed by atoms with Crippen molar-refractivity contribution in [3.8, 4) is 0 Å². The molecule has 3 aliphatic heterocycles. The summed E-state index contributed by atoms with van der Waals surface area (Å²) in [4.78, 5) is 37.2. The zero-order chi connectivity index (χ0) is 21.4. The first-order valence-electron chi connectivity index (χ1n) is 8.85. The molecular formula is C19H22N2O8. The van der Waals surface area contributed by atoms with Crippen molar-refractivity contribution in [3.05, 3.63) is 48.0 Å². The largest absolute Gasteiger partial charge is 0.459 e. The third kappa shape index (κ3) is 3.51. The molecule has 0 aliphatic carbocycles. The van der Waals surface area contributed by atoms with Crippen molar-refractivity contribution in [1.82, 2.24) is 10.6 Å². The SMILES string of the molecule is C=C1CCOC2(C(O)C(C)(O)COC(=O)c3ccccc3)NC(=O)C1(O)NC2=O. The summed E-state index contributed by atoms with van der Waals surface area (Å²) in [6, 6.07) is 7.98. The molecule has 0 spiro atoms. The molecule has 3 saturated heterocycles. The summed E-state index contributed by atoms with van der Waals surface area (Å²) in [6.45, 7) is 3.81. The monoisotopic (exact) mass is 406 g/mol. The molecule has 3 fully saturated rings. The van der Waals surface area contributed by atoms with Crippen LogP contribution in [0.4, 0.5) is 0 Å². The first kappa shape index (κ1) is 20.9. The number of nitrogens with one attached hydrogen (secondary N) is 2. The molecule has 5 N–H and O–H groups in total. The summed E-state index contributed by atoms with van der Waals surface area (Å²) in [5.41, 5.74) is -6.71. The van der Waals surface area contributed by atoms with Crippen LogP contribution in [-0.4, -0.2) is 69.5 Å². The summed E-state index contributed by atoms with van der Waals surface area (Å²) in [5.74, 6) is -2.91. The van der Waals surface area contributed by atoms with Crippen molar-refractivity contribution in [2.45, 2.75) is 36.5 Å². The van der Waals surface area contributed by atoms with Gasteiger partial charge in [0.05, 0.1) is 12.2 Å². The zero-order valence-corrected chi connectivity index (χ0v) is 15.7. The molecule has 3 heterocycles. The number of carbonyl (C=O) groups excluding carboxylic acids is 3. The van der Waals surface area contributed by atoms with Crippen molar-refractivity contribution in [2.24, 2.45) is 0 Å². The number of piperazine rings is 1. The lowest BCUT2D eigenvalue weighted by Gasteiger charge is -2.49. The molecule has 4 rings (SSSR count). The number of carbonyl (C=O) groups is 3. The van der Waals surface area contributed by atoms with Gasteiger partial charge in [0.2, 0.25) is 5.72 Å². The maximum atomic E-state index is 12.7. The molecule has 1 aromatic carbocycles. The minimum Gasteiger partial charge on any atom is -0.459 e. The molecule has 29 heavy (non-hydrogen) atoms. The molecule has 4 atom stereocenters. The number of aliphatic hydroxyl groups is 3. The van der Waals surface area contributed by atoms with Crippen LogP contribution >= 0.6 is 0 Å². The van der Waals surface area contributed by atoms with Crippen LogP contribution in [-0.2, 0) is 19.1 Å². The van der Waals surface area contributed by atoms with Gasteiger partial charge in [0.25, 0.3) is 17.5 Å². The van der Waals surface area contributed by atoms with Crippen molar-refractivity contribution >= 4 is 17.8 Å². The Balaban J connectivity index is 1.80. The van der Waals surface area contributed by atoms with Crippen LogP contribution in [0.2, 0.25) is 0 Å². The summed E-state index contributed by atoms with van der Waals surface area (Å²) in [7, 11) is 0. The number of hydrogen-bond acceptors (Lipinski definition) is 8. The van der Waals surface area contributed by atoms with E-state index in [2.05, 4.69) is 17.2 Å². The van der Waals surface area contributed by atoms with Crippen LogP contribution in [0.5, 0.6) is 0 Å². The first-order chi connectivity index (χ1) is 13.5. The van der Waals surface area contributed by atoms with E-state index in [-0.39, 0.29) is 24.2 Å². The summed E-state index contributed by atoms with van der Waals surface area (Å²) < 4.78 is 10.5. The Morgan fingerprint density at radius 2 is 1.97 bits per heavy atom. The van der Waals surface area contributed by atoms with E-state index in [9.17, 15) is 29.7 Å². The molecule has 2 bridgehead atoms. The van der Waals surface area contributed by atoms with Gasteiger partial charge >= 0.3 is 5.97 Å². The number of aliphatic hydroxyl groups excluding tert-OH is 1. The Morgan fingerprint density at radius 3 is 2.62 bits per heavy atom. The Bertz CT molecular complexity index is 855. The highest BCUT2D eigenvalue weighted by atomic mass is 16.6. The number of benzene rings is 1. The van der Waals surface area contributed by atoms with Gasteiger partial charge < -0.3 is 35.4 Å². The van der Waals surface area contributed by atoms with Crippen molar-refractivity contribution in [3.63, 3.8) is 0 Å². The van der Waals surface area contributed by atoms with Crippen LogP contribution in [0.3, 0.4) is 0 Å². The molecule has 10 heteroatoms. The first-order valence-corrected chi connectivity index (χ1v) is 8.85. The molecular weight excluding hydrogens is 384 g/mol. The van der Waals surface area contributed by atoms with E-state index in [1.807, 2.05) is 0 Å². The third-order valence-electron chi connectivity index (χ3n) is 4.98. The van der Waals surface area contributed by atoms with Crippen LogP contribution in [0, 0.1) is 0 Å². The zero-order valence-electron chi connectivity index (χ0n) is 15.7. The fraction of sp³-hybridized carbons (Fsp3) is 0.421. The number of esters is 1. The number of hydrogen-bond donors (Lipinski definition) is 5. The van der Waals surface area contributed by atoms with Gasteiger partial charge in [-0.25, -0.2) is 4.79 Å². The molecule has 0 aromatic heterocycles. The number of ether oxygens (including phenoxy) is 2. The predicted molar refractivity (Wildman–Crippen MR) is 97.0 cm³/mol. The smallest absolute Gasteiger partial charge is 0.338 e. The molecule has 0 radical (unpaired) electrons. The van der Waals surface area contributed by atoms with Gasteiger partial charge in [-0.05, 0) is 31.1 Å². The lowest BCUT2D eigenvalue weighted by atomic mass is 9.85. The average molecular weight is 406 g/mol. The van der Waals surface area contributed by atoms with Gasteiger partial charge in [0.15, 0.2) is 0 Å². The van der Waals surface area contributed by atoms with E-state index >= 15 is 0 Å². The number of rotatable bonds is 5. The van der Waals surface area contributed by atoms with E-state index in [0.29, 0.717) is 0 Å². The van der Waals surface area contributed by atoms with E-state index < -0.39 is 47.5 Å². The van der Waals surface area contributed by atoms with Crippen molar-refractivity contribution < 1.29 is 39.2 Å². The lowest BCUT2D eigenvalue weighted by Crippen LogP contribution is -2.82. The summed E-state index contributed by atoms with van der Waals surface area (Å²) in [6.07, 6.45) is -2.03. The van der Waals surface area contributed by atoms with E-state index in [1.165, 1.54) is 12.1 Å². The van der Waals surface area contributed by atoms with Gasteiger partial charge in [-0.2, -0.15) is 0 Å². The highest BCUT2D eigenvalue weighted by Crippen LogP contribution is 2.33. The van der Waals surface area contributed by atoms with Crippen LogP contribution in [0.15, 0.2) is 42.5 Å². The highest BCUT2D eigenvalue weighted by Gasteiger charge is 2.63. The average Bonchev–Trinajstić information content (AvgIpc) is 2.69. The van der Waals surface area contributed by atoms with E-state index in [1.54, 1.807) is 18.2 Å². The minimum absolute atomic E-state index is 0.00897. The van der Waals surface area contributed by atoms with Crippen LogP contribution in [0.1, 0.15) is 23.7 Å². The second-order valence-corrected chi connectivity index (χ2v) is 7.26. The van der Waals surface area contributed by atoms with Gasteiger partial charge in [0, 0.05) is 0 Å². The van der Waals surface area contributed by atoms with Gasteiger partial charge in [0.1, 0.15) is 18.3 Å². The Morgan fingerprint density at radius 1 is 1.31 bits per heavy atom. The second kappa shape index (κ2) is 7.23. The molecule has 3 aliphatic rings. The number of amides is 2. The Hall–Kier alpha value is -2.79. The normalized spacial score (nSPS) is 29.7.